The van der Waals surface area contributed by atoms with E-state index in [1.807, 2.05) is 34.7 Å². The lowest BCUT2D eigenvalue weighted by Gasteiger charge is -2.38. The van der Waals surface area contributed by atoms with Crippen molar-refractivity contribution in [2.45, 2.75) is 64.3 Å². The van der Waals surface area contributed by atoms with Gasteiger partial charge in [-0.25, -0.2) is 4.98 Å². The van der Waals surface area contributed by atoms with Crippen LogP contribution in [0, 0.1) is 0 Å². The van der Waals surface area contributed by atoms with Crippen molar-refractivity contribution < 1.29 is 14.3 Å². The number of hydrogen-bond donors (Lipinski definition) is 0. The zero-order valence-corrected chi connectivity index (χ0v) is 19.1. The van der Waals surface area contributed by atoms with Crippen LogP contribution in [-0.2, 0) is 16.1 Å². The van der Waals surface area contributed by atoms with Gasteiger partial charge in [-0.15, -0.1) is 11.3 Å². The quantitative estimate of drug-likeness (QED) is 0.722. The van der Waals surface area contributed by atoms with Gasteiger partial charge >= 0.3 is 0 Å². The van der Waals surface area contributed by atoms with Gasteiger partial charge in [0, 0.05) is 50.3 Å². The summed E-state index contributed by atoms with van der Waals surface area (Å²) >= 11 is 1.53. The largest absolute Gasteiger partial charge is 0.372 e. The second-order valence-corrected chi connectivity index (χ2v) is 10.0. The van der Waals surface area contributed by atoms with E-state index >= 15 is 0 Å². The summed E-state index contributed by atoms with van der Waals surface area (Å²) in [5, 5.41) is 1.99. The Morgan fingerprint density at radius 2 is 1.94 bits per heavy atom. The molecule has 0 aromatic carbocycles. The monoisotopic (exact) mass is 445 g/mol. The molecule has 8 nitrogen and oxygen atoms in total. The smallest absolute Gasteiger partial charge is 0.274 e. The van der Waals surface area contributed by atoms with Gasteiger partial charge in [0.1, 0.15) is 0 Å². The van der Waals surface area contributed by atoms with Gasteiger partial charge in [-0.3, -0.25) is 18.9 Å². The molecule has 2 atom stereocenters. The van der Waals surface area contributed by atoms with Crippen molar-refractivity contribution in [3.8, 4) is 0 Å². The first kappa shape index (κ1) is 20.9. The van der Waals surface area contributed by atoms with E-state index in [9.17, 15) is 9.59 Å². The molecule has 0 spiro atoms. The van der Waals surface area contributed by atoms with E-state index in [1.54, 1.807) is 0 Å². The molecule has 3 fully saturated rings. The summed E-state index contributed by atoms with van der Waals surface area (Å²) in [6.07, 6.45) is 6.74. The molecule has 5 rings (SSSR count). The Balaban J connectivity index is 1.34. The molecule has 2 aromatic rings. The minimum Gasteiger partial charge on any atom is -0.372 e. The van der Waals surface area contributed by atoms with E-state index in [2.05, 4.69) is 14.8 Å². The Morgan fingerprint density at radius 1 is 1.19 bits per heavy atom. The van der Waals surface area contributed by atoms with Crippen LogP contribution in [0.15, 0.2) is 11.6 Å². The molecule has 1 aliphatic carbocycles. The van der Waals surface area contributed by atoms with Crippen LogP contribution in [0.25, 0.3) is 4.96 Å². The van der Waals surface area contributed by atoms with Gasteiger partial charge in [0.2, 0.25) is 5.91 Å². The number of fused-ring (bicyclic) bond motifs is 1. The fraction of sp³-hybridized carbons (Fsp3) is 0.682. The van der Waals surface area contributed by atoms with E-state index in [4.69, 9.17) is 4.74 Å². The summed E-state index contributed by atoms with van der Waals surface area (Å²) in [5.74, 6) is 0.178. The molecule has 2 aromatic heterocycles. The van der Waals surface area contributed by atoms with E-state index in [-0.39, 0.29) is 24.0 Å². The number of carbonyl (C=O) groups is 2. The van der Waals surface area contributed by atoms with Crippen LogP contribution >= 0.6 is 11.3 Å². The first-order valence-corrected chi connectivity index (χ1v) is 12.3. The van der Waals surface area contributed by atoms with Crippen molar-refractivity contribution in [1.82, 2.24) is 24.1 Å². The standard InChI is InChI=1S/C22H31N5O3S/c1-15-11-25(12-16(2)30-15)21(29)20-18(27-9-10-31-22(27)23-20)13-24-7-8-26(19(28)14-24)17-5-3-4-6-17/h9-10,15-17H,3-8,11-14H2,1-2H3/t15-,16+. The van der Waals surface area contributed by atoms with Crippen molar-refractivity contribution in [2.75, 3.05) is 32.7 Å². The molecule has 0 radical (unpaired) electrons. The van der Waals surface area contributed by atoms with Gasteiger partial charge < -0.3 is 14.5 Å². The predicted molar refractivity (Wildman–Crippen MR) is 118 cm³/mol. The summed E-state index contributed by atoms with van der Waals surface area (Å²) in [6.45, 7) is 7.72. The zero-order valence-electron chi connectivity index (χ0n) is 18.3. The number of morpholine rings is 1. The normalized spacial score (nSPS) is 26.3. The van der Waals surface area contributed by atoms with Gasteiger partial charge in [-0.1, -0.05) is 12.8 Å². The van der Waals surface area contributed by atoms with E-state index < -0.39 is 0 Å². The molecule has 1 saturated carbocycles. The van der Waals surface area contributed by atoms with Crippen molar-refractivity contribution in [2.24, 2.45) is 0 Å². The second kappa shape index (κ2) is 8.52. The van der Waals surface area contributed by atoms with Crippen LogP contribution in [0.3, 0.4) is 0 Å². The Hall–Kier alpha value is -1.97. The fourth-order valence-electron chi connectivity index (χ4n) is 5.33. The maximum absolute atomic E-state index is 13.4. The van der Waals surface area contributed by atoms with Gasteiger partial charge in [-0.2, -0.15) is 0 Å². The SMILES string of the molecule is C[C@@H]1CN(C(=O)c2nc3sccn3c2CN2CCN(C3CCCC3)C(=O)C2)C[C@H](C)O1. The van der Waals surface area contributed by atoms with Crippen LogP contribution in [0.4, 0.5) is 0 Å². The Kier molecular flexibility index (Phi) is 5.75. The topological polar surface area (TPSA) is 70.4 Å². The number of ether oxygens (including phenoxy) is 1. The van der Waals surface area contributed by atoms with Gasteiger partial charge in [-0.05, 0) is 26.7 Å². The molecule has 2 aliphatic heterocycles. The Morgan fingerprint density at radius 3 is 2.65 bits per heavy atom. The van der Waals surface area contributed by atoms with Crippen molar-refractivity contribution >= 4 is 28.1 Å². The maximum atomic E-state index is 13.4. The maximum Gasteiger partial charge on any atom is 0.274 e. The van der Waals surface area contributed by atoms with E-state index in [0.717, 1.165) is 36.6 Å². The lowest BCUT2D eigenvalue weighted by molar-refractivity contribution is -0.138. The predicted octanol–water partition coefficient (Wildman–Crippen LogP) is 2.23. The number of imidazole rings is 1. The molecular formula is C22H31N5O3S. The van der Waals surface area contributed by atoms with Gasteiger partial charge in [0.25, 0.3) is 5.91 Å². The lowest BCUT2D eigenvalue weighted by Crippen LogP contribution is -2.53. The zero-order chi connectivity index (χ0) is 21.5. The highest BCUT2D eigenvalue weighted by Gasteiger charge is 2.34. The number of amides is 2. The molecule has 168 valence electrons. The fourth-order valence-corrected chi connectivity index (χ4v) is 6.07. The lowest BCUT2D eigenvalue weighted by atomic mass is 10.1. The Labute approximate surface area is 186 Å². The van der Waals surface area contributed by atoms with Crippen LogP contribution in [0.2, 0.25) is 0 Å². The van der Waals surface area contributed by atoms with Gasteiger partial charge in [0.05, 0.1) is 24.4 Å². The molecule has 3 aliphatic rings. The first-order chi connectivity index (χ1) is 15.0. The van der Waals surface area contributed by atoms with Crippen LogP contribution in [-0.4, -0.2) is 86.9 Å². The third-order valence-corrected chi connectivity index (χ3v) is 7.50. The van der Waals surface area contributed by atoms with E-state index in [0.29, 0.717) is 37.9 Å². The van der Waals surface area contributed by atoms with Crippen molar-refractivity contribution in [3.05, 3.63) is 23.0 Å². The highest BCUT2D eigenvalue weighted by molar-refractivity contribution is 7.15. The summed E-state index contributed by atoms with van der Waals surface area (Å²) in [5.41, 5.74) is 1.40. The molecule has 0 unspecified atom stereocenters. The molecular weight excluding hydrogens is 414 g/mol. The second-order valence-electron chi connectivity index (χ2n) is 9.17. The third-order valence-electron chi connectivity index (χ3n) is 6.75. The number of hydrogen-bond acceptors (Lipinski definition) is 6. The summed E-state index contributed by atoms with van der Waals surface area (Å²) in [4.78, 5) is 37.9. The number of carbonyl (C=O) groups excluding carboxylic acids is 2. The highest BCUT2D eigenvalue weighted by Crippen LogP contribution is 2.26. The van der Waals surface area contributed by atoms with Crippen LogP contribution in [0.1, 0.15) is 55.7 Å². The number of rotatable bonds is 4. The molecule has 4 heterocycles. The summed E-state index contributed by atoms with van der Waals surface area (Å²) < 4.78 is 7.81. The van der Waals surface area contributed by atoms with E-state index in [1.165, 1.54) is 24.2 Å². The van der Waals surface area contributed by atoms with Gasteiger partial charge in [0.15, 0.2) is 10.7 Å². The van der Waals surface area contributed by atoms with Crippen molar-refractivity contribution in [3.63, 3.8) is 0 Å². The minimum atomic E-state index is -0.0381. The summed E-state index contributed by atoms with van der Waals surface area (Å²) in [7, 11) is 0. The third kappa shape index (κ3) is 4.10. The molecule has 9 heteroatoms. The molecule has 2 amide bonds. The van der Waals surface area contributed by atoms with Crippen LogP contribution < -0.4 is 0 Å². The number of thiazole rings is 1. The number of piperazine rings is 1. The molecule has 0 N–H and O–H groups in total. The molecule has 0 bridgehead atoms. The first-order valence-electron chi connectivity index (χ1n) is 11.4. The summed E-state index contributed by atoms with van der Waals surface area (Å²) in [6, 6.07) is 0.427. The Bertz CT molecular complexity index is 956. The average Bonchev–Trinajstić information content (AvgIpc) is 3.46. The van der Waals surface area contributed by atoms with Crippen LogP contribution in [0.5, 0.6) is 0 Å². The molecule has 31 heavy (non-hydrogen) atoms. The highest BCUT2D eigenvalue weighted by atomic mass is 32.1. The molecule has 2 saturated heterocycles. The number of aromatic nitrogens is 2. The minimum absolute atomic E-state index is 0.0150. The van der Waals surface area contributed by atoms with Crippen molar-refractivity contribution in [1.29, 1.82) is 0 Å². The average molecular weight is 446 g/mol. The number of nitrogens with zero attached hydrogens (tertiary/aromatic N) is 5.